The van der Waals surface area contributed by atoms with Gasteiger partial charge in [-0.1, -0.05) is 59.6 Å². The number of carbonyl (C=O) groups excluding carboxylic acids is 3. The van der Waals surface area contributed by atoms with Gasteiger partial charge < -0.3 is 24.8 Å². The van der Waals surface area contributed by atoms with E-state index in [1.807, 2.05) is 44.2 Å². The highest BCUT2D eigenvalue weighted by Crippen LogP contribution is 2.61. The number of aliphatic hydroxyl groups excluding tert-OH is 1. The number of amides is 2. The van der Waals surface area contributed by atoms with E-state index < -0.39 is 41.6 Å². The number of nitrogens with zero attached hydrogens (tertiary/aromatic N) is 1. The minimum atomic E-state index is -1.18. The molecule has 0 saturated carbocycles. The molecule has 0 radical (unpaired) electrons. The van der Waals surface area contributed by atoms with Crippen LogP contribution in [0.2, 0.25) is 0 Å². The lowest BCUT2D eigenvalue weighted by atomic mass is 9.70. The van der Waals surface area contributed by atoms with E-state index in [4.69, 9.17) is 9.47 Å². The van der Waals surface area contributed by atoms with Crippen LogP contribution in [-0.4, -0.2) is 69.6 Å². The first-order chi connectivity index (χ1) is 16.3. The summed E-state index contributed by atoms with van der Waals surface area (Å²) >= 11 is 3.63. The second-order valence-electron chi connectivity index (χ2n) is 9.47. The van der Waals surface area contributed by atoms with Crippen LogP contribution in [0.4, 0.5) is 0 Å². The normalized spacial score (nSPS) is 33.5. The van der Waals surface area contributed by atoms with E-state index in [1.165, 1.54) is 4.90 Å². The summed E-state index contributed by atoms with van der Waals surface area (Å²) in [7, 11) is 0. The lowest BCUT2D eigenvalue weighted by Crippen LogP contribution is -2.57. The number of nitrogens with one attached hydrogen (secondary N) is 1. The Balaban J connectivity index is 1.80. The maximum Gasteiger partial charge on any atom is 0.312 e. The number of ether oxygens (including phenoxy) is 2. The summed E-state index contributed by atoms with van der Waals surface area (Å²) in [4.78, 5) is 42.0. The third kappa shape index (κ3) is 3.95. The Morgan fingerprint density at radius 3 is 2.65 bits per heavy atom. The number of halogens is 1. The van der Waals surface area contributed by atoms with E-state index >= 15 is 0 Å². The molecule has 3 fully saturated rings. The maximum atomic E-state index is 14.0. The Kier molecular flexibility index (Phi) is 7.36. The minimum absolute atomic E-state index is 0.0894. The van der Waals surface area contributed by atoms with E-state index in [-0.39, 0.29) is 35.9 Å². The predicted octanol–water partition coefficient (Wildman–Crippen LogP) is 2.34. The van der Waals surface area contributed by atoms with Crippen molar-refractivity contribution < 1.29 is 29.0 Å². The number of hydrogen-bond donors (Lipinski definition) is 2. The molecule has 0 aromatic heterocycles. The molecular formula is C25H33BrN2O6. The predicted molar refractivity (Wildman–Crippen MR) is 128 cm³/mol. The van der Waals surface area contributed by atoms with E-state index in [0.29, 0.717) is 12.0 Å². The monoisotopic (exact) mass is 536 g/mol. The molecule has 2 bridgehead atoms. The van der Waals surface area contributed by atoms with Crippen molar-refractivity contribution >= 4 is 33.7 Å². The van der Waals surface area contributed by atoms with Gasteiger partial charge in [-0.2, -0.15) is 0 Å². The molecule has 186 valence electrons. The number of benzene rings is 1. The Bertz CT molecular complexity index is 929. The zero-order chi connectivity index (χ0) is 24.6. The van der Waals surface area contributed by atoms with Gasteiger partial charge in [0.05, 0.1) is 37.2 Å². The maximum absolute atomic E-state index is 14.0. The summed E-state index contributed by atoms with van der Waals surface area (Å²) in [5.74, 6) is -2.82. The molecule has 8 nitrogen and oxygen atoms in total. The molecule has 8 atom stereocenters. The summed E-state index contributed by atoms with van der Waals surface area (Å²) in [6.07, 6.45) is 1.55. The summed E-state index contributed by atoms with van der Waals surface area (Å²) in [6.45, 7) is 5.52. The first-order valence-corrected chi connectivity index (χ1v) is 13.0. The minimum Gasteiger partial charge on any atom is -0.466 e. The number of alkyl halides is 1. The highest BCUT2D eigenvalue weighted by atomic mass is 79.9. The van der Waals surface area contributed by atoms with Gasteiger partial charge in [0.25, 0.3) is 0 Å². The standard InChI is InChI=1S/C25H33BrN2O6/c1-4-9-14(3)27-22(30)21-25-12-16(26)20(34-25)18(24(32)33-5-2)19(25)23(31)28(21)17(13-29)15-10-7-6-8-11-15/h6-8,10-11,14,16-21,29H,4-5,9,12-13H2,1-3H3,(H,27,30)/t14?,16?,17-,18-,19+,20-,21-,25+/m1/s1. The van der Waals surface area contributed by atoms with Crippen LogP contribution in [-0.2, 0) is 23.9 Å². The molecule has 1 aromatic carbocycles. The second-order valence-corrected chi connectivity index (χ2v) is 10.6. The van der Waals surface area contributed by atoms with Crippen molar-refractivity contribution in [2.45, 2.75) is 74.7 Å². The summed E-state index contributed by atoms with van der Waals surface area (Å²) in [6, 6.07) is 7.34. The molecule has 2 amide bonds. The van der Waals surface area contributed by atoms with Crippen molar-refractivity contribution in [3.63, 3.8) is 0 Å². The van der Waals surface area contributed by atoms with Gasteiger partial charge in [-0.05, 0) is 32.3 Å². The van der Waals surface area contributed by atoms with E-state index in [1.54, 1.807) is 6.92 Å². The second kappa shape index (κ2) is 9.95. The third-order valence-electron chi connectivity index (χ3n) is 7.34. The number of fused-ring (bicyclic) bond motifs is 1. The van der Waals surface area contributed by atoms with Gasteiger partial charge in [0.1, 0.15) is 11.6 Å². The van der Waals surface area contributed by atoms with Gasteiger partial charge in [-0.15, -0.1) is 0 Å². The topological polar surface area (TPSA) is 105 Å². The van der Waals surface area contributed by atoms with E-state index in [0.717, 1.165) is 12.8 Å². The van der Waals surface area contributed by atoms with Crippen molar-refractivity contribution in [1.82, 2.24) is 10.2 Å². The SMILES string of the molecule is CCCC(C)NC(=O)[C@H]1N([C@H](CO)c2ccccc2)C(=O)[C@@H]2[C@@H](C(=O)OCC)[C@@H]3O[C@@]21CC3Br. The van der Waals surface area contributed by atoms with Crippen molar-refractivity contribution in [3.05, 3.63) is 35.9 Å². The number of hydrogen-bond acceptors (Lipinski definition) is 6. The van der Waals surface area contributed by atoms with Crippen LogP contribution >= 0.6 is 15.9 Å². The molecule has 0 aliphatic carbocycles. The van der Waals surface area contributed by atoms with E-state index in [2.05, 4.69) is 21.2 Å². The summed E-state index contributed by atoms with van der Waals surface area (Å²) in [5.41, 5.74) is -0.460. The molecule has 4 rings (SSSR count). The first-order valence-electron chi connectivity index (χ1n) is 12.1. The smallest absolute Gasteiger partial charge is 0.312 e. The molecule has 34 heavy (non-hydrogen) atoms. The van der Waals surface area contributed by atoms with Crippen molar-refractivity contribution in [2.75, 3.05) is 13.2 Å². The lowest BCUT2D eigenvalue weighted by molar-refractivity contribution is -0.155. The molecule has 2 unspecified atom stereocenters. The van der Waals surface area contributed by atoms with Crippen LogP contribution in [0.25, 0.3) is 0 Å². The number of esters is 1. The van der Waals surface area contributed by atoms with Crippen LogP contribution in [0.3, 0.4) is 0 Å². The van der Waals surface area contributed by atoms with Crippen molar-refractivity contribution in [3.8, 4) is 0 Å². The summed E-state index contributed by atoms with van der Waals surface area (Å²) in [5, 5.41) is 13.4. The largest absolute Gasteiger partial charge is 0.466 e. The molecule has 2 N–H and O–H groups in total. The molecule has 9 heteroatoms. The average molecular weight is 537 g/mol. The summed E-state index contributed by atoms with van der Waals surface area (Å²) < 4.78 is 11.7. The van der Waals surface area contributed by atoms with E-state index in [9.17, 15) is 19.5 Å². The molecule has 3 saturated heterocycles. The molecular weight excluding hydrogens is 504 g/mol. The van der Waals surface area contributed by atoms with Gasteiger partial charge in [-0.25, -0.2) is 0 Å². The van der Waals surface area contributed by atoms with Gasteiger partial charge in [0.15, 0.2) is 0 Å². The average Bonchev–Trinajstić information content (AvgIpc) is 3.39. The number of carbonyl (C=O) groups is 3. The quantitative estimate of drug-likeness (QED) is 0.370. The zero-order valence-electron chi connectivity index (χ0n) is 19.8. The van der Waals surface area contributed by atoms with Crippen LogP contribution in [0, 0.1) is 11.8 Å². The van der Waals surface area contributed by atoms with Gasteiger partial charge in [0, 0.05) is 10.9 Å². The van der Waals surface area contributed by atoms with Crippen LogP contribution in [0.15, 0.2) is 30.3 Å². The Morgan fingerprint density at radius 2 is 2.03 bits per heavy atom. The van der Waals surface area contributed by atoms with Crippen LogP contribution in [0.1, 0.15) is 51.6 Å². The fourth-order valence-corrected chi connectivity index (χ4v) is 7.01. The Labute approximate surface area is 208 Å². The first kappa shape index (κ1) is 25.1. The highest BCUT2D eigenvalue weighted by Gasteiger charge is 2.77. The van der Waals surface area contributed by atoms with Gasteiger partial charge >= 0.3 is 5.97 Å². The Morgan fingerprint density at radius 1 is 1.32 bits per heavy atom. The fraction of sp³-hybridized carbons (Fsp3) is 0.640. The van der Waals surface area contributed by atoms with Crippen molar-refractivity contribution in [1.29, 1.82) is 0 Å². The molecule has 1 aromatic rings. The fourth-order valence-electron chi connectivity index (χ4n) is 6.07. The van der Waals surface area contributed by atoms with Crippen molar-refractivity contribution in [2.24, 2.45) is 11.8 Å². The third-order valence-corrected chi connectivity index (χ3v) is 8.18. The molecule has 3 aliphatic rings. The Hall–Kier alpha value is -1.97. The number of likely N-dealkylation sites (tertiary alicyclic amines) is 1. The molecule has 1 spiro atoms. The highest BCUT2D eigenvalue weighted by molar-refractivity contribution is 9.09. The van der Waals surface area contributed by atoms with Crippen LogP contribution in [0.5, 0.6) is 0 Å². The van der Waals surface area contributed by atoms with Gasteiger partial charge in [0.2, 0.25) is 11.8 Å². The molecule has 3 aliphatic heterocycles. The lowest BCUT2D eigenvalue weighted by Gasteiger charge is -2.37. The van der Waals surface area contributed by atoms with Crippen LogP contribution < -0.4 is 5.32 Å². The number of rotatable bonds is 9. The zero-order valence-corrected chi connectivity index (χ0v) is 21.4. The number of aliphatic hydroxyl groups is 1. The van der Waals surface area contributed by atoms with Gasteiger partial charge in [-0.3, -0.25) is 14.4 Å². The molecule has 3 heterocycles.